The number of ether oxygens (including phenoxy) is 1. The van der Waals surface area contributed by atoms with Gasteiger partial charge >= 0.3 is 5.97 Å². The van der Waals surface area contributed by atoms with Gasteiger partial charge in [-0.2, -0.15) is 0 Å². The van der Waals surface area contributed by atoms with E-state index >= 15 is 0 Å². The van der Waals surface area contributed by atoms with Gasteiger partial charge in [0, 0.05) is 12.2 Å². The highest BCUT2D eigenvalue weighted by atomic mass is 32.2. The van der Waals surface area contributed by atoms with E-state index < -0.39 is 6.04 Å². The summed E-state index contributed by atoms with van der Waals surface area (Å²) in [6.07, 6.45) is 1.32. The Morgan fingerprint density at radius 2 is 2.30 bits per heavy atom. The van der Waals surface area contributed by atoms with Crippen molar-refractivity contribution in [3.63, 3.8) is 0 Å². The molecule has 0 saturated carbocycles. The van der Waals surface area contributed by atoms with Gasteiger partial charge in [-0.05, 0) is 25.5 Å². The van der Waals surface area contributed by atoms with Gasteiger partial charge in [0.2, 0.25) is 5.91 Å². The van der Waals surface area contributed by atoms with Crippen molar-refractivity contribution in [1.82, 2.24) is 9.88 Å². The molecule has 23 heavy (non-hydrogen) atoms. The molecule has 7 heteroatoms. The lowest BCUT2D eigenvalue weighted by molar-refractivity contribution is -0.154. The number of amides is 1. The third-order valence-corrected chi connectivity index (χ3v) is 6.91. The number of fused-ring (bicyclic) bond motifs is 2. The molecule has 0 unspecified atom stereocenters. The summed E-state index contributed by atoms with van der Waals surface area (Å²) in [5.41, 5.74) is 0.919. The smallest absolute Gasteiger partial charge is 0.330 e. The number of benzene rings is 1. The molecule has 120 valence electrons. The molecule has 2 aliphatic rings. The van der Waals surface area contributed by atoms with E-state index in [0.717, 1.165) is 21.6 Å². The van der Waals surface area contributed by atoms with Crippen LogP contribution in [0.2, 0.25) is 0 Å². The van der Waals surface area contributed by atoms with E-state index in [0.29, 0.717) is 12.2 Å². The Morgan fingerprint density at radius 3 is 3.13 bits per heavy atom. The monoisotopic (exact) mass is 348 g/mol. The molecule has 0 radical (unpaired) electrons. The van der Waals surface area contributed by atoms with E-state index in [-0.39, 0.29) is 23.4 Å². The number of aromatic nitrogens is 1. The first-order chi connectivity index (χ1) is 11.1. The van der Waals surface area contributed by atoms with E-state index in [4.69, 9.17) is 4.74 Å². The third-order valence-electron chi connectivity index (χ3n) is 4.39. The van der Waals surface area contributed by atoms with Crippen LogP contribution in [-0.2, 0) is 20.9 Å². The molecule has 1 amide bonds. The van der Waals surface area contributed by atoms with E-state index in [1.165, 1.54) is 11.3 Å². The van der Waals surface area contributed by atoms with Gasteiger partial charge in [0.05, 0.1) is 15.1 Å². The minimum Gasteiger partial charge on any atom is -0.457 e. The van der Waals surface area contributed by atoms with Crippen LogP contribution in [0.4, 0.5) is 0 Å². The molecule has 0 N–H and O–H groups in total. The minimum atomic E-state index is -0.464. The molecule has 2 aromatic rings. The maximum Gasteiger partial charge on any atom is 0.330 e. The van der Waals surface area contributed by atoms with Crippen LogP contribution in [0.3, 0.4) is 0 Å². The maximum atomic E-state index is 12.4. The van der Waals surface area contributed by atoms with Crippen LogP contribution in [0.1, 0.15) is 24.8 Å². The van der Waals surface area contributed by atoms with Gasteiger partial charge in [0.1, 0.15) is 17.7 Å². The number of thiazole rings is 1. The fourth-order valence-corrected chi connectivity index (χ4v) is 5.50. The summed E-state index contributed by atoms with van der Waals surface area (Å²) in [4.78, 5) is 30.4. The summed E-state index contributed by atoms with van der Waals surface area (Å²) >= 11 is 3.20. The Labute approximate surface area is 142 Å². The number of nitrogens with zero attached hydrogens (tertiary/aromatic N) is 2. The zero-order chi connectivity index (χ0) is 16.0. The lowest BCUT2D eigenvalue weighted by Gasteiger charge is -2.29. The van der Waals surface area contributed by atoms with Crippen LogP contribution in [0.5, 0.6) is 0 Å². The second-order valence-corrected chi connectivity index (χ2v) is 8.57. The van der Waals surface area contributed by atoms with Crippen LogP contribution < -0.4 is 0 Å². The van der Waals surface area contributed by atoms with E-state index in [1.54, 1.807) is 16.7 Å². The van der Waals surface area contributed by atoms with Crippen LogP contribution in [0.15, 0.2) is 24.3 Å². The van der Waals surface area contributed by atoms with Crippen molar-refractivity contribution in [2.45, 2.75) is 37.3 Å². The highest BCUT2D eigenvalue weighted by Gasteiger charge is 2.53. The van der Waals surface area contributed by atoms with Gasteiger partial charge < -0.3 is 9.64 Å². The Balaban J connectivity index is 1.45. The Kier molecular flexibility index (Phi) is 3.57. The van der Waals surface area contributed by atoms with Gasteiger partial charge in [0.25, 0.3) is 0 Å². The van der Waals surface area contributed by atoms with E-state index in [2.05, 4.69) is 4.98 Å². The number of carbonyl (C=O) groups excluding carboxylic acids is 2. The molecular weight excluding hydrogens is 332 g/mol. The molecule has 2 atom stereocenters. The molecule has 3 heterocycles. The second kappa shape index (κ2) is 5.49. The number of para-hydroxylation sites is 1. The SMILES string of the molecule is C[C@]12CCC(=O)N1[C@@H](C(=O)OCc1nc3ccccc3s1)CS2. The molecule has 0 bridgehead atoms. The van der Waals surface area contributed by atoms with Crippen molar-refractivity contribution in [2.75, 3.05) is 5.75 Å². The van der Waals surface area contributed by atoms with Crippen molar-refractivity contribution in [3.05, 3.63) is 29.3 Å². The summed E-state index contributed by atoms with van der Waals surface area (Å²) in [6, 6.07) is 7.38. The number of esters is 1. The first-order valence-corrected chi connectivity index (χ1v) is 9.34. The summed E-state index contributed by atoms with van der Waals surface area (Å²) in [5, 5.41) is 0.778. The fourth-order valence-electron chi connectivity index (χ4n) is 3.21. The zero-order valence-electron chi connectivity index (χ0n) is 12.7. The van der Waals surface area contributed by atoms with Gasteiger partial charge in [0.15, 0.2) is 0 Å². The number of hydrogen-bond acceptors (Lipinski definition) is 6. The molecule has 1 aromatic carbocycles. The van der Waals surface area contributed by atoms with Crippen molar-refractivity contribution in [2.24, 2.45) is 0 Å². The molecule has 0 aliphatic carbocycles. The molecule has 4 rings (SSSR count). The van der Waals surface area contributed by atoms with Gasteiger partial charge in [-0.1, -0.05) is 12.1 Å². The number of carbonyl (C=O) groups is 2. The molecular formula is C16H16N2O3S2. The van der Waals surface area contributed by atoms with Gasteiger partial charge in [-0.25, -0.2) is 9.78 Å². The van der Waals surface area contributed by atoms with E-state index in [1.807, 2.05) is 31.2 Å². The average Bonchev–Trinajstić information content (AvgIpc) is 3.18. The lowest BCUT2D eigenvalue weighted by Crippen LogP contribution is -2.46. The lowest BCUT2D eigenvalue weighted by atomic mass is 10.2. The number of hydrogen-bond donors (Lipinski definition) is 0. The zero-order valence-corrected chi connectivity index (χ0v) is 14.3. The summed E-state index contributed by atoms with van der Waals surface area (Å²) < 4.78 is 6.53. The summed E-state index contributed by atoms with van der Waals surface area (Å²) in [7, 11) is 0. The molecule has 5 nitrogen and oxygen atoms in total. The average molecular weight is 348 g/mol. The number of rotatable bonds is 3. The molecule has 1 aromatic heterocycles. The predicted octanol–water partition coefficient (Wildman–Crippen LogP) is 2.79. The van der Waals surface area contributed by atoms with Gasteiger partial charge in [-0.3, -0.25) is 4.79 Å². The minimum absolute atomic E-state index is 0.0550. The molecule has 2 aliphatic heterocycles. The summed E-state index contributed by atoms with van der Waals surface area (Å²) in [6.45, 7) is 2.20. The van der Waals surface area contributed by atoms with E-state index in [9.17, 15) is 9.59 Å². The Bertz CT molecular complexity index is 757. The highest BCUT2D eigenvalue weighted by molar-refractivity contribution is 8.01. The van der Waals surface area contributed by atoms with Crippen molar-refractivity contribution in [1.29, 1.82) is 0 Å². The first kappa shape index (κ1) is 15.0. The van der Waals surface area contributed by atoms with Crippen LogP contribution in [0, 0.1) is 0 Å². The highest BCUT2D eigenvalue weighted by Crippen LogP contribution is 2.47. The predicted molar refractivity (Wildman–Crippen MR) is 90.1 cm³/mol. The largest absolute Gasteiger partial charge is 0.457 e. The third kappa shape index (κ3) is 2.52. The molecule has 2 saturated heterocycles. The first-order valence-electron chi connectivity index (χ1n) is 7.54. The maximum absolute atomic E-state index is 12.4. The van der Waals surface area contributed by atoms with Crippen LogP contribution >= 0.6 is 23.1 Å². The van der Waals surface area contributed by atoms with Crippen LogP contribution in [-0.4, -0.2) is 38.4 Å². The second-order valence-electron chi connectivity index (χ2n) is 5.95. The Hall–Kier alpha value is -1.60. The quantitative estimate of drug-likeness (QED) is 0.798. The van der Waals surface area contributed by atoms with Crippen molar-refractivity contribution in [3.8, 4) is 0 Å². The van der Waals surface area contributed by atoms with Crippen LogP contribution in [0.25, 0.3) is 10.2 Å². The van der Waals surface area contributed by atoms with Crippen molar-refractivity contribution < 1.29 is 14.3 Å². The van der Waals surface area contributed by atoms with Crippen molar-refractivity contribution >= 4 is 45.2 Å². The summed E-state index contributed by atoms with van der Waals surface area (Å²) in [5.74, 6) is 0.344. The van der Waals surface area contributed by atoms with Gasteiger partial charge in [-0.15, -0.1) is 23.1 Å². The standard InChI is InChI=1S/C16H16N2O3S2/c1-16-7-6-14(19)18(16)11(9-22-16)15(20)21-8-13-17-10-4-2-3-5-12(10)23-13/h2-5,11H,6-9H2,1H3/t11-,16+/m1/s1. The molecule has 2 fully saturated rings. The normalized spacial score (nSPS) is 26.7. The fraction of sp³-hybridized carbons (Fsp3) is 0.438. The topological polar surface area (TPSA) is 59.5 Å². The Morgan fingerprint density at radius 1 is 1.48 bits per heavy atom. The molecule has 0 spiro atoms. The number of thioether (sulfide) groups is 1.